The molecule has 32 heavy (non-hydrogen) atoms. The molecule has 1 aliphatic heterocycles. The lowest BCUT2D eigenvalue weighted by atomic mass is 10.1. The van der Waals surface area contributed by atoms with Gasteiger partial charge in [-0.2, -0.15) is 0 Å². The normalized spacial score (nSPS) is 21.2. The second kappa shape index (κ2) is 13.2. The minimum atomic E-state index is -0.615. The Balaban J connectivity index is 1.66. The van der Waals surface area contributed by atoms with Crippen LogP contribution in [0.25, 0.3) is 0 Å². The molecular formula is C28H38O3S. The van der Waals surface area contributed by atoms with Crippen LogP contribution in [-0.4, -0.2) is 29.9 Å². The summed E-state index contributed by atoms with van der Waals surface area (Å²) < 4.78 is 18.8. The van der Waals surface area contributed by atoms with Gasteiger partial charge in [0.15, 0.2) is 5.79 Å². The van der Waals surface area contributed by atoms with Crippen molar-refractivity contribution in [3.63, 3.8) is 0 Å². The predicted molar refractivity (Wildman–Crippen MR) is 134 cm³/mol. The molecule has 1 fully saturated rings. The van der Waals surface area contributed by atoms with Gasteiger partial charge in [0.25, 0.3) is 0 Å². The van der Waals surface area contributed by atoms with Gasteiger partial charge in [0.1, 0.15) is 12.2 Å². The molecule has 0 spiro atoms. The summed E-state index contributed by atoms with van der Waals surface area (Å²) in [7, 11) is 0. The van der Waals surface area contributed by atoms with Crippen LogP contribution in [0.5, 0.6) is 0 Å². The van der Waals surface area contributed by atoms with Crippen molar-refractivity contribution in [1.82, 2.24) is 0 Å². The lowest BCUT2D eigenvalue weighted by molar-refractivity contribution is -0.150. The maximum Gasteiger partial charge on any atom is 0.163 e. The van der Waals surface area contributed by atoms with E-state index in [2.05, 4.69) is 61.5 Å². The third-order valence-corrected chi connectivity index (χ3v) is 6.75. The van der Waals surface area contributed by atoms with Crippen molar-refractivity contribution < 1.29 is 14.2 Å². The molecule has 2 aromatic rings. The van der Waals surface area contributed by atoms with E-state index < -0.39 is 5.79 Å². The Morgan fingerprint density at radius 2 is 1.69 bits per heavy atom. The van der Waals surface area contributed by atoms with Gasteiger partial charge in [-0.25, -0.2) is 0 Å². The summed E-state index contributed by atoms with van der Waals surface area (Å²) in [6, 6.07) is 20.8. The van der Waals surface area contributed by atoms with Gasteiger partial charge in [0, 0.05) is 4.90 Å². The van der Waals surface area contributed by atoms with Crippen molar-refractivity contribution in [2.75, 3.05) is 6.61 Å². The molecule has 1 unspecified atom stereocenters. The zero-order chi connectivity index (χ0) is 22.7. The lowest BCUT2D eigenvalue weighted by Crippen LogP contribution is -2.35. The number of rotatable bonds is 13. The summed E-state index contributed by atoms with van der Waals surface area (Å²) in [6.07, 6.45) is 10.7. The van der Waals surface area contributed by atoms with Crippen LogP contribution in [0, 0.1) is 0 Å². The fourth-order valence-corrected chi connectivity index (χ4v) is 5.11. The van der Waals surface area contributed by atoms with Crippen molar-refractivity contribution in [2.45, 2.75) is 87.6 Å². The molecule has 0 N–H and O–H groups in total. The number of hydrogen-bond acceptors (Lipinski definition) is 4. The first-order chi connectivity index (χ1) is 15.6. The Labute approximate surface area is 198 Å². The summed E-state index contributed by atoms with van der Waals surface area (Å²) in [6.45, 7) is 7.34. The molecule has 1 heterocycles. The van der Waals surface area contributed by atoms with Gasteiger partial charge in [-0.15, -0.1) is 11.8 Å². The average Bonchev–Trinajstić information content (AvgIpc) is 3.11. The first-order valence-electron chi connectivity index (χ1n) is 11.9. The number of unbranched alkanes of at least 4 members (excludes halogenated alkanes) is 4. The fourth-order valence-electron chi connectivity index (χ4n) is 3.93. The quantitative estimate of drug-likeness (QED) is 0.179. The van der Waals surface area contributed by atoms with Crippen molar-refractivity contribution >= 4 is 11.8 Å². The van der Waals surface area contributed by atoms with E-state index in [0.717, 1.165) is 6.42 Å². The average molecular weight is 455 g/mol. The number of benzene rings is 2. The Morgan fingerprint density at radius 3 is 2.41 bits per heavy atom. The summed E-state index contributed by atoms with van der Waals surface area (Å²) in [5.74, 6) is -0.615. The molecule has 3 nitrogen and oxygen atoms in total. The molecule has 1 saturated heterocycles. The molecule has 2 aromatic carbocycles. The van der Waals surface area contributed by atoms with E-state index in [1.807, 2.05) is 43.8 Å². The lowest BCUT2D eigenvalue weighted by Gasteiger charge is -2.24. The zero-order valence-corrected chi connectivity index (χ0v) is 20.6. The second-order valence-electron chi connectivity index (χ2n) is 8.81. The first-order valence-corrected chi connectivity index (χ1v) is 12.8. The molecule has 174 valence electrons. The second-order valence-corrected chi connectivity index (χ2v) is 10.1. The highest BCUT2D eigenvalue weighted by Gasteiger charge is 2.44. The number of allylic oxidation sites excluding steroid dienone is 1. The summed E-state index contributed by atoms with van der Waals surface area (Å²) in [5.41, 5.74) is 1.17. The van der Waals surface area contributed by atoms with Crippen LogP contribution in [0.15, 0.2) is 77.7 Å². The molecule has 0 aromatic heterocycles. The molecule has 3 atom stereocenters. The van der Waals surface area contributed by atoms with Gasteiger partial charge in [-0.3, -0.25) is 0 Å². The minimum absolute atomic E-state index is 0.0714. The smallest absolute Gasteiger partial charge is 0.163 e. The molecule has 3 rings (SSSR count). The first kappa shape index (κ1) is 25.0. The van der Waals surface area contributed by atoms with E-state index in [1.54, 1.807) is 0 Å². The van der Waals surface area contributed by atoms with Crippen LogP contribution >= 0.6 is 11.8 Å². The summed E-state index contributed by atoms with van der Waals surface area (Å²) in [5, 5.41) is 0.163. The van der Waals surface area contributed by atoms with E-state index in [0.29, 0.717) is 13.2 Å². The van der Waals surface area contributed by atoms with Crippen LogP contribution < -0.4 is 0 Å². The van der Waals surface area contributed by atoms with Gasteiger partial charge in [-0.05, 0) is 44.4 Å². The van der Waals surface area contributed by atoms with Crippen LogP contribution in [-0.2, 0) is 20.8 Å². The van der Waals surface area contributed by atoms with E-state index in [1.165, 1.54) is 36.1 Å². The molecule has 4 heteroatoms. The Bertz CT molecular complexity index is 791. The highest BCUT2D eigenvalue weighted by Crippen LogP contribution is 2.37. The molecule has 0 saturated carbocycles. The Hall–Kier alpha value is -1.59. The third-order valence-electron chi connectivity index (χ3n) is 5.50. The monoisotopic (exact) mass is 454 g/mol. The van der Waals surface area contributed by atoms with E-state index in [4.69, 9.17) is 14.2 Å². The van der Waals surface area contributed by atoms with E-state index >= 15 is 0 Å². The number of thioether (sulfide) groups is 1. The van der Waals surface area contributed by atoms with Crippen LogP contribution in [0.1, 0.15) is 58.4 Å². The summed E-state index contributed by atoms with van der Waals surface area (Å²) in [4.78, 5) is 1.24. The van der Waals surface area contributed by atoms with Gasteiger partial charge in [-0.1, -0.05) is 86.9 Å². The predicted octanol–water partition coefficient (Wildman–Crippen LogP) is 7.41. The SMILES string of the molecule is CCCCCC/C=C\[C@@H](Sc1ccccc1)C1OC(C)(C)O[C@H]1COCc1ccccc1. The van der Waals surface area contributed by atoms with Crippen molar-refractivity contribution in [3.8, 4) is 0 Å². The molecular weight excluding hydrogens is 416 g/mol. The maximum absolute atomic E-state index is 6.42. The minimum Gasteiger partial charge on any atom is -0.374 e. The van der Waals surface area contributed by atoms with Gasteiger partial charge in [0.2, 0.25) is 0 Å². The van der Waals surface area contributed by atoms with Crippen molar-refractivity contribution in [2.24, 2.45) is 0 Å². The largest absolute Gasteiger partial charge is 0.374 e. The molecule has 0 aliphatic carbocycles. The summed E-state index contributed by atoms with van der Waals surface area (Å²) >= 11 is 1.84. The zero-order valence-electron chi connectivity index (χ0n) is 19.7. The fraction of sp³-hybridized carbons (Fsp3) is 0.500. The molecule has 0 radical (unpaired) electrons. The van der Waals surface area contributed by atoms with E-state index in [9.17, 15) is 0 Å². The molecule has 1 aliphatic rings. The number of ether oxygens (including phenoxy) is 3. The van der Waals surface area contributed by atoms with Crippen LogP contribution in [0.4, 0.5) is 0 Å². The Morgan fingerprint density at radius 1 is 0.969 bits per heavy atom. The third kappa shape index (κ3) is 8.40. The van der Waals surface area contributed by atoms with Gasteiger partial charge >= 0.3 is 0 Å². The van der Waals surface area contributed by atoms with Crippen molar-refractivity contribution in [3.05, 3.63) is 78.4 Å². The molecule has 0 amide bonds. The van der Waals surface area contributed by atoms with Crippen LogP contribution in [0.2, 0.25) is 0 Å². The standard InChI is InChI=1S/C28H38O3S/c1-4-5-6-7-8-15-20-26(32-24-18-13-10-14-19-24)27-25(30-28(2,3)31-27)22-29-21-23-16-11-9-12-17-23/h9-20,25-27H,4-8,21-22H2,1-3H3/b20-15-/t25-,26+,27?/m0/s1. The highest BCUT2D eigenvalue weighted by atomic mass is 32.2. The highest BCUT2D eigenvalue weighted by molar-refractivity contribution is 8.00. The van der Waals surface area contributed by atoms with E-state index in [-0.39, 0.29) is 17.5 Å². The van der Waals surface area contributed by atoms with Gasteiger partial charge in [0.05, 0.1) is 18.5 Å². The van der Waals surface area contributed by atoms with Gasteiger partial charge < -0.3 is 14.2 Å². The topological polar surface area (TPSA) is 27.7 Å². The Kier molecular flexibility index (Phi) is 10.3. The van der Waals surface area contributed by atoms with Crippen molar-refractivity contribution in [1.29, 1.82) is 0 Å². The number of hydrogen-bond donors (Lipinski definition) is 0. The maximum atomic E-state index is 6.42. The van der Waals surface area contributed by atoms with Crippen LogP contribution in [0.3, 0.4) is 0 Å². The molecule has 0 bridgehead atoms.